The number of rotatable bonds is 4. The molecule has 1 aromatic carbocycles. The lowest BCUT2D eigenvalue weighted by atomic mass is 10.1. The second-order valence-corrected chi connectivity index (χ2v) is 4.51. The van der Waals surface area contributed by atoms with Crippen LogP contribution in [0.25, 0.3) is 0 Å². The molecule has 104 valence electrons. The largest absolute Gasteiger partial charge is 0.486 e. The van der Waals surface area contributed by atoms with Gasteiger partial charge in [0.1, 0.15) is 19.3 Å². The van der Waals surface area contributed by atoms with Crippen molar-refractivity contribution in [1.29, 1.82) is 0 Å². The summed E-state index contributed by atoms with van der Waals surface area (Å²) in [5.41, 5.74) is 0.973. The maximum Gasteiger partial charge on any atom is 0.249 e. The van der Waals surface area contributed by atoms with Gasteiger partial charge in [-0.25, -0.2) is 0 Å². The fourth-order valence-electron chi connectivity index (χ4n) is 1.85. The standard InChI is InChI=1S/C14H19NO4/c1-9(15-14(16)10(2)17-3)11-4-5-12-13(8-11)19-7-6-18-12/h4-5,8-10H,6-7H2,1-3H3,(H,15,16). The molecule has 0 fully saturated rings. The SMILES string of the molecule is COC(C)C(=O)NC(C)c1ccc2c(c1)OCCO2. The molecular formula is C14H19NO4. The Morgan fingerprint density at radius 2 is 1.95 bits per heavy atom. The lowest BCUT2D eigenvalue weighted by Gasteiger charge is -2.21. The third-order valence-corrected chi connectivity index (χ3v) is 3.15. The van der Waals surface area contributed by atoms with E-state index in [2.05, 4.69) is 5.32 Å². The summed E-state index contributed by atoms with van der Waals surface area (Å²) in [6.45, 7) is 4.76. The van der Waals surface area contributed by atoms with Gasteiger partial charge >= 0.3 is 0 Å². The number of nitrogens with one attached hydrogen (secondary N) is 1. The van der Waals surface area contributed by atoms with Crippen LogP contribution in [0.3, 0.4) is 0 Å². The minimum Gasteiger partial charge on any atom is -0.486 e. The van der Waals surface area contributed by atoms with Crippen LogP contribution >= 0.6 is 0 Å². The van der Waals surface area contributed by atoms with Crippen LogP contribution in [0.5, 0.6) is 11.5 Å². The maximum atomic E-state index is 11.8. The summed E-state index contributed by atoms with van der Waals surface area (Å²) in [5, 5.41) is 2.89. The number of methoxy groups -OCH3 is 1. The Morgan fingerprint density at radius 3 is 2.63 bits per heavy atom. The third kappa shape index (κ3) is 3.17. The molecule has 0 spiro atoms. The molecule has 2 unspecified atom stereocenters. The van der Waals surface area contributed by atoms with E-state index in [0.717, 1.165) is 17.1 Å². The number of carbonyl (C=O) groups excluding carboxylic acids is 1. The van der Waals surface area contributed by atoms with Crippen LogP contribution in [0, 0.1) is 0 Å². The van der Waals surface area contributed by atoms with Gasteiger partial charge in [-0.15, -0.1) is 0 Å². The monoisotopic (exact) mass is 265 g/mol. The summed E-state index contributed by atoms with van der Waals surface area (Å²) in [6.07, 6.45) is -0.459. The second-order valence-electron chi connectivity index (χ2n) is 4.51. The van der Waals surface area contributed by atoms with Crippen molar-refractivity contribution in [2.45, 2.75) is 26.0 Å². The summed E-state index contributed by atoms with van der Waals surface area (Å²) in [5.74, 6) is 1.34. The highest BCUT2D eigenvalue weighted by Crippen LogP contribution is 2.32. The van der Waals surface area contributed by atoms with Crippen molar-refractivity contribution < 1.29 is 19.0 Å². The van der Waals surface area contributed by atoms with E-state index in [1.807, 2.05) is 25.1 Å². The molecule has 2 atom stereocenters. The normalized spacial score (nSPS) is 16.6. The molecule has 1 N–H and O–H groups in total. The lowest BCUT2D eigenvalue weighted by molar-refractivity contribution is -0.130. The molecular weight excluding hydrogens is 246 g/mol. The first kappa shape index (κ1) is 13.7. The van der Waals surface area contributed by atoms with Crippen molar-refractivity contribution in [2.24, 2.45) is 0 Å². The van der Waals surface area contributed by atoms with Crippen LogP contribution in [0.15, 0.2) is 18.2 Å². The minimum absolute atomic E-state index is 0.110. The van der Waals surface area contributed by atoms with Crippen LogP contribution < -0.4 is 14.8 Å². The zero-order valence-corrected chi connectivity index (χ0v) is 11.4. The molecule has 0 aliphatic carbocycles. The number of amides is 1. The molecule has 0 aromatic heterocycles. The van der Waals surface area contributed by atoms with Gasteiger partial charge in [0.2, 0.25) is 5.91 Å². The van der Waals surface area contributed by atoms with Gasteiger partial charge in [0.25, 0.3) is 0 Å². The molecule has 5 heteroatoms. The number of ether oxygens (including phenoxy) is 3. The van der Waals surface area contributed by atoms with E-state index in [9.17, 15) is 4.79 Å². The summed E-state index contributed by atoms with van der Waals surface area (Å²) < 4.78 is 16.0. The Morgan fingerprint density at radius 1 is 1.26 bits per heavy atom. The van der Waals surface area contributed by atoms with Crippen molar-refractivity contribution in [3.63, 3.8) is 0 Å². The van der Waals surface area contributed by atoms with E-state index >= 15 is 0 Å². The van der Waals surface area contributed by atoms with Crippen LogP contribution in [-0.4, -0.2) is 32.3 Å². The van der Waals surface area contributed by atoms with Gasteiger partial charge in [-0.3, -0.25) is 4.79 Å². The van der Waals surface area contributed by atoms with Crippen molar-refractivity contribution >= 4 is 5.91 Å². The molecule has 1 aromatic rings. The van der Waals surface area contributed by atoms with Crippen molar-refractivity contribution in [1.82, 2.24) is 5.32 Å². The number of benzene rings is 1. The predicted octanol–water partition coefficient (Wildman–Crippen LogP) is 1.67. The molecule has 0 bridgehead atoms. The molecule has 1 amide bonds. The summed E-state index contributed by atoms with van der Waals surface area (Å²) in [6, 6.07) is 5.58. The first-order valence-corrected chi connectivity index (χ1v) is 6.34. The van der Waals surface area contributed by atoms with Crippen molar-refractivity contribution in [3.05, 3.63) is 23.8 Å². The Bertz CT molecular complexity index is 461. The lowest BCUT2D eigenvalue weighted by Crippen LogP contribution is -2.35. The van der Waals surface area contributed by atoms with Gasteiger partial charge in [-0.1, -0.05) is 6.07 Å². The third-order valence-electron chi connectivity index (χ3n) is 3.15. The van der Waals surface area contributed by atoms with Crippen LogP contribution in [-0.2, 0) is 9.53 Å². The highest BCUT2D eigenvalue weighted by Gasteiger charge is 2.18. The average Bonchev–Trinajstić information content (AvgIpc) is 2.45. The topological polar surface area (TPSA) is 56.8 Å². The molecule has 1 aliphatic rings. The Kier molecular flexibility index (Phi) is 4.27. The quantitative estimate of drug-likeness (QED) is 0.899. The van der Waals surface area contributed by atoms with Crippen LogP contribution in [0.4, 0.5) is 0 Å². The smallest absolute Gasteiger partial charge is 0.249 e. The van der Waals surface area contributed by atoms with Gasteiger partial charge in [-0.05, 0) is 31.5 Å². The molecule has 19 heavy (non-hydrogen) atoms. The van der Waals surface area contributed by atoms with Gasteiger partial charge in [0.05, 0.1) is 6.04 Å². The van der Waals surface area contributed by atoms with E-state index in [-0.39, 0.29) is 11.9 Å². The molecule has 1 heterocycles. The van der Waals surface area contributed by atoms with Gasteiger partial charge in [-0.2, -0.15) is 0 Å². The summed E-state index contributed by atoms with van der Waals surface area (Å²) in [7, 11) is 1.51. The Labute approximate surface area is 112 Å². The molecule has 0 saturated carbocycles. The average molecular weight is 265 g/mol. The number of carbonyl (C=O) groups is 1. The summed E-state index contributed by atoms with van der Waals surface area (Å²) in [4.78, 5) is 11.8. The number of hydrogen-bond donors (Lipinski definition) is 1. The molecule has 0 saturated heterocycles. The predicted molar refractivity (Wildman–Crippen MR) is 70.5 cm³/mol. The first-order chi connectivity index (χ1) is 9.11. The van der Waals surface area contributed by atoms with Gasteiger partial charge in [0, 0.05) is 7.11 Å². The number of fused-ring (bicyclic) bond motifs is 1. The maximum absolute atomic E-state index is 11.8. The summed E-state index contributed by atoms with van der Waals surface area (Å²) >= 11 is 0. The van der Waals surface area contributed by atoms with Gasteiger partial charge in [0.15, 0.2) is 11.5 Å². The molecule has 0 radical (unpaired) electrons. The zero-order valence-electron chi connectivity index (χ0n) is 11.4. The Hall–Kier alpha value is -1.75. The highest BCUT2D eigenvalue weighted by molar-refractivity contribution is 5.80. The van der Waals surface area contributed by atoms with E-state index < -0.39 is 6.10 Å². The van der Waals surface area contributed by atoms with Crippen LogP contribution in [0.1, 0.15) is 25.5 Å². The zero-order chi connectivity index (χ0) is 13.8. The minimum atomic E-state index is -0.459. The number of hydrogen-bond acceptors (Lipinski definition) is 4. The fraction of sp³-hybridized carbons (Fsp3) is 0.500. The Balaban J connectivity index is 2.07. The molecule has 1 aliphatic heterocycles. The van der Waals surface area contributed by atoms with E-state index in [1.165, 1.54) is 7.11 Å². The van der Waals surface area contributed by atoms with E-state index in [1.54, 1.807) is 6.92 Å². The van der Waals surface area contributed by atoms with Gasteiger partial charge < -0.3 is 19.5 Å². The second kappa shape index (κ2) is 5.93. The van der Waals surface area contributed by atoms with Crippen molar-refractivity contribution in [2.75, 3.05) is 20.3 Å². The molecule has 2 rings (SSSR count). The first-order valence-electron chi connectivity index (χ1n) is 6.34. The van der Waals surface area contributed by atoms with Crippen LogP contribution in [0.2, 0.25) is 0 Å². The van der Waals surface area contributed by atoms with E-state index in [0.29, 0.717) is 13.2 Å². The highest BCUT2D eigenvalue weighted by atomic mass is 16.6. The fourth-order valence-corrected chi connectivity index (χ4v) is 1.85. The molecule has 5 nitrogen and oxygen atoms in total. The van der Waals surface area contributed by atoms with E-state index in [4.69, 9.17) is 14.2 Å². The van der Waals surface area contributed by atoms with Crippen molar-refractivity contribution in [3.8, 4) is 11.5 Å².